The molecule has 1 aliphatic heterocycles. The Morgan fingerprint density at radius 2 is 1.96 bits per heavy atom. The predicted molar refractivity (Wildman–Crippen MR) is 84.3 cm³/mol. The van der Waals surface area contributed by atoms with E-state index in [4.69, 9.17) is 9.47 Å². The largest absolute Gasteiger partial charge is 0.466 e. The molecule has 124 valence electrons. The van der Waals surface area contributed by atoms with Gasteiger partial charge in [0, 0.05) is 12.8 Å². The molecule has 1 aromatic carbocycles. The highest BCUT2D eigenvalue weighted by atomic mass is 16.5. The van der Waals surface area contributed by atoms with Gasteiger partial charge in [-0.05, 0) is 37.8 Å². The summed E-state index contributed by atoms with van der Waals surface area (Å²) in [5, 5.41) is 2.75. The number of fused-ring (bicyclic) bond motifs is 1. The Labute approximate surface area is 135 Å². The normalized spacial score (nSPS) is 16.3. The Balaban J connectivity index is 2.23. The van der Waals surface area contributed by atoms with Crippen LogP contribution >= 0.6 is 0 Å². The zero-order valence-corrected chi connectivity index (χ0v) is 13.4. The summed E-state index contributed by atoms with van der Waals surface area (Å²) in [6.07, 6.45) is 1.04. The van der Waals surface area contributed by atoms with Crippen molar-refractivity contribution < 1.29 is 23.9 Å². The number of carbonyl (C=O) groups excluding carboxylic acids is 3. The Bertz CT molecular complexity index is 611. The average molecular weight is 319 g/mol. The number of carbonyl (C=O) groups is 3. The van der Waals surface area contributed by atoms with Crippen LogP contribution in [0.2, 0.25) is 0 Å². The molecule has 1 N–H and O–H groups in total. The third-order valence-corrected chi connectivity index (χ3v) is 3.73. The summed E-state index contributed by atoms with van der Waals surface area (Å²) in [4.78, 5) is 35.5. The minimum atomic E-state index is -0.462. The van der Waals surface area contributed by atoms with E-state index in [9.17, 15) is 14.4 Å². The Morgan fingerprint density at radius 1 is 1.22 bits per heavy atom. The van der Waals surface area contributed by atoms with Crippen molar-refractivity contribution in [2.45, 2.75) is 39.0 Å². The third kappa shape index (κ3) is 4.09. The van der Waals surface area contributed by atoms with Gasteiger partial charge in [0.25, 0.3) is 0 Å². The lowest BCUT2D eigenvalue weighted by molar-refractivity contribution is -0.143. The minimum Gasteiger partial charge on any atom is -0.466 e. The smallest absolute Gasteiger partial charge is 0.340 e. The molecule has 0 radical (unpaired) electrons. The maximum Gasteiger partial charge on any atom is 0.340 e. The summed E-state index contributed by atoms with van der Waals surface area (Å²) in [6.45, 7) is 4.09. The van der Waals surface area contributed by atoms with Crippen LogP contribution < -0.4 is 5.32 Å². The number of rotatable bonds is 6. The zero-order valence-electron chi connectivity index (χ0n) is 13.4. The predicted octanol–water partition coefficient (Wildman–Crippen LogP) is 2.63. The lowest BCUT2D eigenvalue weighted by atomic mass is 9.85. The monoisotopic (exact) mass is 319 g/mol. The molecule has 1 atom stereocenters. The SMILES string of the molecule is CCOC(=O)CCC1CC(=O)Nc2c(C(=O)OCC)cccc21. The van der Waals surface area contributed by atoms with Gasteiger partial charge in [0.15, 0.2) is 0 Å². The van der Waals surface area contributed by atoms with E-state index >= 15 is 0 Å². The van der Waals surface area contributed by atoms with E-state index in [-0.39, 0.29) is 30.8 Å². The second-order valence-electron chi connectivity index (χ2n) is 5.28. The Kier molecular flexibility index (Phi) is 5.73. The summed E-state index contributed by atoms with van der Waals surface area (Å²) in [5.74, 6) is -1.02. The van der Waals surface area contributed by atoms with Crippen molar-refractivity contribution in [1.29, 1.82) is 0 Å². The van der Waals surface area contributed by atoms with Gasteiger partial charge in [-0.25, -0.2) is 4.79 Å². The van der Waals surface area contributed by atoms with Gasteiger partial charge in [0.05, 0.1) is 24.5 Å². The second-order valence-corrected chi connectivity index (χ2v) is 5.28. The first-order chi connectivity index (χ1) is 11.1. The topological polar surface area (TPSA) is 81.7 Å². The molecular formula is C17H21NO5. The van der Waals surface area contributed by atoms with E-state index in [1.165, 1.54) is 0 Å². The van der Waals surface area contributed by atoms with Gasteiger partial charge in [-0.3, -0.25) is 9.59 Å². The van der Waals surface area contributed by atoms with Gasteiger partial charge in [-0.15, -0.1) is 0 Å². The Hall–Kier alpha value is -2.37. The minimum absolute atomic E-state index is 0.113. The van der Waals surface area contributed by atoms with Crippen LogP contribution in [0.1, 0.15) is 54.9 Å². The molecule has 0 bridgehead atoms. The van der Waals surface area contributed by atoms with Gasteiger partial charge >= 0.3 is 11.9 Å². The zero-order chi connectivity index (χ0) is 16.8. The highest BCUT2D eigenvalue weighted by molar-refractivity contribution is 6.04. The lowest BCUT2D eigenvalue weighted by Crippen LogP contribution is -2.25. The van der Waals surface area contributed by atoms with E-state index in [1.54, 1.807) is 26.0 Å². The molecule has 0 aromatic heterocycles. The van der Waals surface area contributed by atoms with Crippen molar-refractivity contribution in [2.24, 2.45) is 0 Å². The van der Waals surface area contributed by atoms with Crippen LogP contribution in [-0.4, -0.2) is 31.1 Å². The van der Waals surface area contributed by atoms with Crippen molar-refractivity contribution in [1.82, 2.24) is 0 Å². The fourth-order valence-corrected chi connectivity index (χ4v) is 2.74. The van der Waals surface area contributed by atoms with Crippen LogP contribution in [0.25, 0.3) is 0 Å². The van der Waals surface area contributed by atoms with E-state index in [0.29, 0.717) is 30.7 Å². The first-order valence-electron chi connectivity index (χ1n) is 7.82. The molecule has 6 nitrogen and oxygen atoms in total. The number of anilines is 1. The molecule has 1 amide bonds. The number of hydrogen-bond acceptors (Lipinski definition) is 5. The maximum absolute atomic E-state index is 12.0. The van der Waals surface area contributed by atoms with E-state index in [1.807, 2.05) is 6.07 Å². The summed E-state index contributed by atoms with van der Waals surface area (Å²) in [7, 11) is 0. The van der Waals surface area contributed by atoms with Crippen molar-refractivity contribution in [3.05, 3.63) is 29.3 Å². The maximum atomic E-state index is 12.0. The number of ether oxygens (including phenoxy) is 2. The van der Waals surface area contributed by atoms with Crippen LogP contribution in [0.5, 0.6) is 0 Å². The summed E-state index contributed by atoms with van der Waals surface area (Å²) in [6, 6.07) is 5.26. The quantitative estimate of drug-likeness (QED) is 0.815. The van der Waals surface area contributed by atoms with Crippen molar-refractivity contribution in [2.75, 3.05) is 18.5 Å². The first kappa shape index (κ1) is 17.0. The van der Waals surface area contributed by atoms with Crippen molar-refractivity contribution in [3.63, 3.8) is 0 Å². The van der Waals surface area contributed by atoms with Gasteiger partial charge in [-0.1, -0.05) is 12.1 Å². The molecule has 0 fully saturated rings. The van der Waals surface area contributed by atoms with Crippen molar-refractivity contribution >= 4 is 23.5 Å². The fourth-order valence-electron chi connectivity index (χ4n) is 2.74. The lowest BCUT2D eigenvalue weighted by Gasteiger charge is -2.26. The average Bonchev–Trinajstić information content (AvgIpc) is 2.52. The number of para-hydroxylation sites is 1. The molecule has 0 spiro atoms. The third-order valence-electron chi connectivity index (χ3n) is 3.73. The number of benzene rings is 1. The number of esters is 2. The molecular weight excluding hydrogens is 298 g/mol. The van der Waals surface area contributed by atoms with E-state index in [0.717, 1.165) is 5.56 Å². The molecule has 1 unspecified atom stereocenters. The van der Waals surface area contributed by atoms with Crippen LogP contribution in [0, 0.1) is 0 Å². The summed E-state index contributed by atoms with van der Waals surface area (Å²) in [5.41, 5.74) is 1.70. The molecule has 0 saturated carbocycles. The molecule has 1 aliphatic rings. The standard InChI is InChI=1S/C17H21NO5/c1-3-22-15(20)9-8-11-10-14(19)18-16-12(11)6-5-7-13(16)17(21)23-4-2/h5-7,11H,3-4,8-10H2,1-2H3,(H,18,19). The molecule has 23 heavy (non-hydrogen) atoms. The van der Waals surface area contributed by atoms with Gasteiger partial charge in [-0.2, -0.15) is 0 Å². The highest BCUT2D eigenvalue weighted by Gasteiger charge is 2.29. The van der Waals surface area contributed by atoms with Gasteiger partial charge in [0.1, 0.15) is 0 Å². The Morgan fingerprint density at radius 3 is 2.65 bits per heavy atom. The highest BCUT2D eigenvalue weighted by Crippen LogP contribution is 2.37. The van der Waals surface area contributed by atoms with Crippen LogP contribution in [-0.2, 0) is 19.1 Å². The first-order valence-corrected chi connectivity index (χ1v) is 7.82. The number of amides is 1. The number of nitrogens with one attached hydrogen (secondary N) is 1. The molecule has 1 aromatic rings. The molecule has 0 aliphatic carbocycles. The van der Waals surface area contributed by atoms with Crippen molar-refractivity contribution in [3.8, 4) is 0 Å². The van der Waals surface area contributed by atoms with E-state index < -0.39 is 5.97 Å². The van der Waals surface area contributed by atoms with Crippen LogP contribution in [0.3, 0.4) is 0 Å². The van der Waals surface area contributed by atoms with Gasteiger partial charge in [0.2, 0.25) is 5.91 Å². The van der Waals surface area contributed by atoms with Crippen LogP contribution in [0.4, 0.5) is 5.69 Å². The van der Waals surface area contributed by atoms with Gasteiger partial charge < -0.3 is 14.8 Å². The fraction of sp³-hybridized carbons (Fsp3) is 0.471. The summed E-state index contributed by atoms with van der Waals surface area (Å²) < 4.78 is 9.96. The molecule has 1 heterocycles. The molecule has 2 rings (SSSR count). The molecule has 6 heteroatoms. The summed E-state index contributed by atoms with van der Waals surface area (Å²) >= 11 is 0. The molecule has 0 saturated heterocycles. The number of hydrogen-bond donors (Lipinski definition) is 1. The second kappa shape index (κ2) is 7.76. The van der Waals surface area contributed by atoms with E-state index in [2.05, 4.69) is 5.32 Å². The van der Waals surface area contributed by atoms with Crippen LogP contribution in [0.15, 0.2) is 18.2 Å².